The van der Waals surface area contributed by atoms with E-state index in [9.17, 15) is 14.7 Å². The van der Waals surface area contributed by atoms with E-state index < -0.39 is 29.8 Å². The van der Waals surface area contributed by atoms with Crippen molar-refractivity contribution in [2.24, 2.45) is 0 Å². The van der Waals surface area contributed by atoms with Gasteiger partial charge in [0.25, 0.3) is 5.91 Å². The molecule has 0 bridgehead atoms. The van der Waals surface area contributed by atoms with E-state index in [0.717, 1.165) is 0 Å². The molecule has 2 rings (SSSR count). The van der Waals surface area contributed by atoms with Gasteiger partial charge in [-0.1, -0.05) is 25.1 Å². The first-order chi connectivity index (χ1) is 13.9. The molecule has 29 heavy (non-hydrogen) atoms. The fourth-order valence-corrected chi connectivity index (χ4v) is 2.64. The summed E-state index contributed by atoms with van der Waals surface area (Å²) in [5, 5.41) is 12.5. The molecule has 0 aliphatic carbocycles. The number of hydrogen-bond donors (Lipinski definition) is 2. The molecule has 1 aromatic carbocycles. The molecule has 0 aliphatic heterocycles. The zero-order valence-electron chi connectivity index (χ0n) is 16.9. The molecule has 1 heterocycles. The second-order valence-corrected chi connectivity index (χ2v) is 6.43. The standard InChI is InChI=1S/C21H26N2O6/c1-5-16(14(3)28-15-9-7-6-8-10-15)29-21(26)13(2)23-20(25)18-19(24)17(27-4)11-12-22-18/h6-14,16,24H,5H2,1-4H3,(H,23,25)/t13-,14-,16+/m0/s1. The van der Waals surface area contributed by atoms with Crippen LogP contribution in [0, 0.1) is 0 Å². The van der Waals surface area contributed by atoms with Crippen LogP contribution in [0.15, 0.2) is 42.6 Å². The van der Waals surface area contributed by atoms with Gasteiger partial charge in [0.2, 0.25) is 0 Å². The van der Waals surface area contributed by atoms with Crippen molar-refractivity contribution in [3.63, 3.8) is 0 Å². The van der Waals surface area contributed by atoms with Crippen molar-refractivity contribution in [3.05, 3.63) is 48.3 Å². The summed E-state index contributed by atoms with van der Waals surface area (Å²) in [6.45, 7) is 5.19. The second kappa shape index (κ2) is 10.3. The Morgan fingerprint density at radius 3 is 2.48 bits per heavy atom. The summed E-state index contributed by atoms with van der Waals surface area (Å²) in [5.74, 6) is -0.943. The molecule has 0 unspecified atom stereocenters. The predicted octanol–water partition coefficient (Wildman–Crippen LogP) is 2.70. The van der Waals surface area contributed by atoms with Gasteiger partial charge in [0.1, 0.15) is 24.0 Å². The first kappa shape index (κ1) is 22.0. The topological polar surface area (TPSA) is 107 Å². The average molecular weight is 402 g/mol. The highest BCUT2D eigenvalue weighted by atomic mass is 16.6. The zero-order valence-corrected chi connectivity index (χ0v) is 16.9. The Balaban J connectivity index is 1.97. The molecule has 156 valence electrons. The van der Waals surface area contributed by atoms with Crippen molar-refractivity contribution >= 4 is 11.9 Å². The Morgan fingerprint density at radius 1 is 1.17 bits per heavy atom. The smallest absolute Gasteiger partial charge is 0.328 e. The molecule has 8 nitrogen and oxygen atoms in total. The fourth-order valence-electron chi connectivity index (χ4n) is 2.64. The number of rotatable bonds is 9. The lowest BCUT2D eigenvalue weighted by molar-refractivity contribution is -0.155. The minimum atomic E-state index is -0.951. The minimum absolute atomic E-state index is 0.110. The highest BCUT2D eigenvalue weighted by Gasteiger charge is 2.27. The molecule has 0 radical (unpaired) electrons. The van der Waals surface area contributed by atoms with Gasteiger partial charge in [0, 0.05) is 12.3 Å². The molecule has 0 spiro atoms. The molecule has 1 amide bonds. The van der Waals surface area contributed by atoms with Crippen LogP contribution in [0.1, 0.15) is 37.7 Å². The van der Waals surface area contributed by atoms with Crippen LogP contribution in [0.5, 0.6) is 17.2 Å². The number of carbonyl (C=O) groups is 2. The number of amides is 1. The van der Waals surface area contributed by atoms with E-state index in [2.05, 4.69) is 10.3 Å². The van der Waals surface area contributed by atoms with Crippen molar-refractivity contribution in [1.82, 2.24) is 10.3 Å². The second-order valence-electron chi connectivity index (χ2n) is 6.43. The Bertz CT molecular complexity index is 827. The highest BCUT2D eigenvalue weighted by molar-refractivity contribution is 5.97. The molecular weight excluding hydrogens is 376 g/mol. The minimum Gasteiger partial charge on any atom is -0.503 e. The van der Waals surface area contributed by atoms with Crippen LogP contribution in [0.2, 0.25) is 0 Å². The number of aromatic nitrogens is 1. The van der Waals surface area contributed by atoms with E-state index >= 15 is 0 Å². The molecule has 2 aromatic rings. The van der Waals surface area contributed by atoms with Crippen LogP contribution in [0.25, 0.3) is 0 Å². The van der Waals surface area contributed by atoms with Crippen molar-refractivity contribution in [2.45, 2.75) is 45.4 Å². The number of para-hydroxylation sites is 1. The molecule has 1 aromatic heterocycles. The van der Waals surface area contributed by atoms with Gasteiger partial charge in [-0.3, -0.25) is 4.79 Å². The molecule has 0 fully saturated rings. The van der Waals surface area contributed by atoms with Crippen LogP contribution >= 0.6 is 0 Å². The van der Waals surface area contributed by atoms with Crippen molar-refractivity contribution < 1.29 is 28.9 Å². The van der Waals surface area contributed by atoms with Crippen molar-refractivity contribution in [1.29, 1.82) is 0 Å². The first-order valence-corrected chi connectivity index (χ1v) is 9.32. The van der Waals surface area contributed by atoms with E-state index in [1.54, 1.807) is 0 Å². The highest BCUT2D eigenvalue weighted by Crippen LogP contribution is 2.27. The van der Waals surface area contributed by atoms with Gasteiger partial charge >= 0.3 is 5.97 Å². The van der Waals surface area contributed by atoms with Crippen LogP contribution in [0.3, 0.4) is 0 Å². The summed E-state index contributed by atoms with van der Waals surface area (Å²) in [7, 11) is 1.36. The quantitative estimate of drug-likeness (QED) is 0.621. The number of ether oxygens (including phenoxy) is 3. The summed E-state index contributed by atoms with van der Waals surface area (Å²) in [6, 6.07) is 9.71. The normalized spacial score (nSPS) is 13.7. The molecule has 3 atom stereocenters. The number of hydrogen-bond acceptors (Lipinski definition) is 7. The molecular formula is C21H26N2O6. The largest absolute Gasteiger partial charge is 0.503 e. The lowest BCUT2D eigenvalue weighted by Gasteiger charge is -2.25. The van der Waals surface area contributed by atoms with E-state index in [4.69, 9.17) is 14.2 Å². The van der Waals surface area contributed by atoms with Gasteiger partial charge in [0.05, 0.1) is 7.11 Å². The summed E-state index contributed by atoms with van der Waals surface area (Å²) >= 11 is 0. The molecule has 8 heteroatoms. The lowest BCUT2D eigenvalue weighted by Crippen LogP contribution is -2.43. The zero-order chi connectivity index (χ0) is 21.4. The Kier molecular flexibility index (Phi) is 7.82. The van der Waals surface area contributed by atoms with E-state index in [0.29, 0.717) is 12.2 Å². The summed E-state index contributed by atoms with van der Waals surface area (Å²) < 4.78 is 16.3. The number of nitrogens with one attached hydrogen (secondary N) is 1. The van der Waals surface area contributed by atoms with Crippen LogP contribution < -0.4 is 14.8 Å². The number of aromatic hydroxyl groups is 1. The van der Waals surface area contributed by atoms with Crippen LogP contribution in [-0.2, 0) is 9.53 Å². The maximum absolute atomic E-state index is 12.4. The van der Waals surface area contributed by atoms with Gasteiger partial charge in [-0.2, -0.15) is 0 Å². The Labute approximate surface area is 169 Å². The number of benzene rings is 1. The number of nitrogens with zero attached hydrogens (tertiary/aromatic N) is 1. The fraction of sp³-hybridized carbons (Fsp3) is 0.381. The third-order valence-electron chi connectivity index (χ3n) is 4.28. The van der Waals surface area contributed by atoms with Crippen molar-refractivity contribution in [2.75, 3.05) is 7.11 Å². The molecule has 0 saturated carbocycles. The van der Waals surface area contributed by atoms with Gasteiger partial charge in [0.15, 0.2) is 17.2 Å². The number of esters is 1. The number of carbonyl (C=O) groups excluding carboxylic acids is 2. The Hall–Kier alpha value is -3.29. The van der Waals surface area contributed by atoms with E-state index in [-0.39, 0.29) is 17.5 Å². The third kappa shape index (κ3) is 5.84. The average Bonchev–Trinajstić information content (AvgIpc) is 2.72. The van der Waals surface area contributed by atoms with Gasteiger partial charge in [-0.15, -0.1) is 0 Å². The van der Waals surface area contributed by atoms with Crippen molar-refractivity contribution in [3.8, 4) is 17.2 Å². The van der Waals surface area contributed by atoms with E-state index in [1.165, 1.54) is 26.3 Å². The monoisotopic (exact) mass is 402 g/mol. The van der Waals surface area contributed by atoms with Crippen LogP contribution in [0.4, 0.5) is 0 Å². The number of pyridine rings is 1. The van der Waals surface area contributed by atoms with Gasteiger partial charge in [-0.25, -0.2) is 9.78 Å². The lowest BCUT2D eigenvalue weighted by atomic mass is 10.1. The SMILES string of the molecule is CC[C@@H](OC(=O)[C@H](C)NC(=O)c1nccc(OC)c1O)[C@H](C)Oc1ccccc1. The maximum atomic E-state index is 12.4. The third-order valence-corrected chi connectivity index (χ3v) is 4.28. The van der Waals surface area contributed by atoms with Gasteiger partial charge < -0.3 is 24.6 Å². The Morgan fingerprint density at radius 2 is 1.86 bits per heavy atom. The number of methoxy groups -OCH3 is 1. The molecule has 2 N–H and O–H groups in total. The van der Waals surface area contributed by atoms with E-state index in [1.807, 2.05) is 44.2 Å². The summed E-state index contributed by atoms with van der Waals surface area (Å²) in [5.41, 5.74) is -0.239. The van der Waals surface area contributed by atoms with Crippen LogP contribution in [-0.4, -0.2) is 47.3 Å². The predicted molar refractivity (Wildman–Crippen MR) is 106 cm³/mol. The summed E-state index contributed by atoms with van der Waals surface area (Å²) in [4.78, 5) is 28.6. The molecule has 0 saturated heterocycles. The van der Waals surface area contributed by atoms with Gasteiger partial charge in [-0.05, 0) is 32.4 Å². The molecule has 0 aliphatic rings. The maximum Gasteiger partial charge on any atom is 0.328 e. The first-order valence-electron chi connectivity index (χ1n) is 9.32. The summed E-state index contributed by atoms with van der Waals surface area (Å²) in [6.07, 6.45) is 0.994.